The third-order valence-corrected chi connectivity index (χ3v) is 1.34. The second-order valence-electron chi connectivity index (χ2n) is 2.53. The predicted octanol–water partition coefficient (Wildman–Crippen LogP) is -0.970. The minimum atomic E-state index is -0.987. The van der Waals surface area contributed by atoms with E-state index >= 15 is 0 Å². The van der Waals surface area contributed by atoms with Crippen LogP contribution in [0.3, 0.4) is 0 Å². The topological polar surface area (TPSA) is 99.0 Å². The first-order valence-corrected chi connectivity index (χ1v) is 3.93. The Labute approximate surface area is 85.8 Å². The van der Waals surface area contributed by atoms with Crippen molar-refractivity contribution >= 4 is 11.9 Å². The summed E-state index contributed by atoms with van der Waals surface area (Å²) in [6.07, 6.45) is 0. The summed E-state index contributed by atoms with van der Waals surface area (Å²) in [6, 6.07) is 0. The van der Waals surface area contributed by atoms with E-state index in [1.807, 2.05) is 0 Å². The summed E-state index contributed by atoms with van der Waals surface area (Å²) in [7, 11) is 1.38. The standard InChI is InChI=1S/C7H11N2O6/c1-6(10)8(2)5-7(11)14-3-4-15-9(12)13/h1,3-5H2,2H3. The Morgan fingerprint density at radius 2 is 2.07 bits per heavy atom. The summed E-state index contributed by atoms with van der Waals surface area (Å²) < 4.78 is 4.52. The highest BCUT2D eigenvalue weighted by Gasteiger charge is 2.09. The van der Waals surface area contributed by atoms with Crippen molar-refractivity contribution in [2.24, 2.45) is 0 Å². The molecule has 0 aromatic rings. The Morgan fingerprint density at radius 1 is 1.47 bits per heavy atom. The van der Waals surface area contributed by atoms with E-state index in [1.165, 1.54) is 7.05 Å². The average molecular weight is 219 g/mol. The Balaban J connectivity index is 3.58. The van der Waals surface area contributed by atoms with Gasteiger partial charge in [0.2, 0.25) is 5.91 Å². The molecular formula is C7H11N2O6. The number of hydrogen-bond donors (Lipinski definition) is 0. The highest BCUT2D eigenvalue weighted by Crippen LogP contribution is 1.87. The molecule has 0 fully saturated rings. The van der Waals surface area contributed by atoms with Crippen molar-refractivity contribution in [1.29, 1.82) is 0 Å². The first kappa shape index (κ1) is 13.1. The van der Waals surface area contributed by atoms with Crippen molar-refractivity contribution in [1.82, 2.24) is 4.90 Å². The Kier molecular flexibility index (Phi) is 5.76. The summed E-state index contributed by atoms with van der Waals surface area (Å²) >= 11 is 0. The highest BCUT2D eigenvalue weighted by atomic mass is 17.0. The fourth-order valence-electron chi connectivity index (χ4n) is 0.595. The molecule has 0 aromatic heterocycles. The SMILES string of the molecule is [CH2]C(=O)N(C)CC(=O)OCCO[N+](=O)[O-]. The molecular weight excluding hydrogens is 208 g/mol. The van der Waals surface area contributed by atoms with E-state index in [9.17, 15) is 19.7 Å². The monoisotopic (exact) mass is 219 g/mol. The molecule has 15 heavy (non-hydrogen) atoms. The van der Waals surface area contributed by atoms with Crippen molar-refractivity contribution in [2.45, 2.75) is 0 Å². The molecule has 8 heteroatoms. The van der Waals surface area contributed by atoms with Gasteiger partial charge in [-0.3, -0.25) is 9.59 Å². The zero-order valence-electron chi connectivity index (χ0n) is 8.17. The fourth-order valence-corrected chi connectivity index (χ4v) is 0.595. The molecule has 85 valence electrons. The molecule has 0 heterocycles. The number of carbonyl (C=O) groups excluding carboxylic acids is 2. The number of likely N-dealkylation sites (N-methyl/N-ethyl adjacent to an activating group) is 1. The van der Waals surface area contributed by atoms with Gasteiger partial charge in [-0.25, -0.2) is 0 Å². The molecule has 1 amide bonds. The second kappa shape index (κ2) is 6.57. The third-order valence-electron chi connectivity index (χ3n) is 1.34. The van der Waals surface area contributed by atoms with Crippen molar-refractivity contribution in [3.8, 4) is 0 Å². The van der Waals surface area contributed by atoms with Gasteiger partial charge in [0.15, 0.2) is 0 Å². The highest BCUT2D eigenvalue weighted by molar-refractivity contribution is 5.84. The number of nitrogens with zero attached hydrogens (tertiary/aromatic N) is 2. The van der Waals surface area contributed by atoms with Crippen LogP contribution in [0.4, 0.5) is 0 Å². The lowest BCUT2D eigenvalue weighted by molar-refractivity contribution is -0.757. The number of amides is 1. The zero-order valence-corrected chi connectivity index (χ0v) is 8.17. The summed E-state index contributed by atoms with van der Waals surface area (Å²) in [5, 5.41) is 8.71. The van der Waals surface area contributed by atoms with Crippen molar-refractivity contribution in [2.75, 3.05) is 26.8 Å². The summed E-state index contributed by atoms with van der Waals surface area (Å²) in [4.78, 5) is 36.2. The van der Waals surface area contributed by atoms with E-state index in [0.29, 0.717) is 0 Å². The molecule has 0 unspecified atom stereocenters. The minimum absolute atomic E-state index is 0.237. The minimum Gasteiger partial charge on any atom is -0.462 e. The summed E-state index contributed by atoms with van der Waals surface area (Å²) in [5.41, 5.74) is 0. The summed E-state index contributed by atoms with van der Waals surface area (Å²) in [6.45, 7) is 2.26. The van der Waals surface area contributed by atoms with E-state index in [2.05, 4.69) is 16.5 Å². The molecule has 1 radical (unpaired) electrons. The number of esters is 1. The molecule has 0 aliphatic carbocycles. The van der Waals surface area contributed by atoms with E-state index in [1.54, 1.807) is 0 Å². The lowest BCUT2D eigenvalue weighted by atomic mass is 10.5. The maximum Gasteiger partial charge on any atom is 0.325 e. The lowest BCUT2D eigenvalue weighted by Crippen LogP contribution is -2.31. The van der Waals surface area contributed by atoms with Gasteiger partial charge in [-0.15, -0.1) is 10.1 Å². The van der Waals surface area contributed by atoms with Crippen LogP contribution in [-0.4, -0.2) is 48.7 Å². The van der Waals surface area contributed by atoms with Crippen LogP contribution in [0, 0.1) is 17.0 Å². The van der Waals surface area contributed by atoms with Crippen LogP contribution in [0.1, 0.15) is 0 Å². The van der Waals surface area contributed by atoms with Crippen LogP contribution in [0.15, 0.2) is 0 Å². The molecule has 0 aliphatic rings. The maximum atomic E-state index is 10.9. The molecule has 0 aliphatic heterocycles. The first-order chi connectivity index (χ1) is 6.93. The van der Waals surface area contributed by atoms with Gasteiger partial charge in [-0.05, 0) is 0 Å². The Hall–Kier alpha value is -1.86. The summed E-state index contributed by atoms with van der Waals surface area (Å²) in [5.74, 6) is -1.20. The van der Waals surface area contributed by atoms with Gasteiger partial charge < -0.3 is 14.5 Å². The normalized spacial score (nSPS) is 9.20. The van der Waals surface area contributed by atoms with Gasteiger partial charge in [-0.1, -0.05) is 0 Å². The van der Waals surface area contributed by atoms with Crippen LogP contribution < -0.4 is 0 Å². The molecule has 0 saturated heterocycles. The fraction of sp³-hybridized carbons (Fsp3) is 0.571. The molecule has 0 bridgehead atoms. The first-order valence-electron chi connectivity index (χ1n) is 3.93. The van der Waals surface area contributed by atoms with Crippen molar-refractivity contribution < 1.29 is 24.3 Å². The molecule has 0 atom stereocenters. The predicted molar refractivity (Wildman–Crippen MR) is 46.9 cm³/mol. The van der Waals surface area contributed by atoms with E-state index < -0.39 is 17.0 Å². The van der Waals surface area contributed by atoms with Gasteiger partial charge in [0.1, 0.15) is 19.8 Å². The van der Waals surface area contributed by atoms with Gasteiger partial charge in [0.05, 0.1) is 0 Å². The van der Waals surface area contributed by atoms with E-state index in [-0.39, 0.29) is 19.8 Å². The van der Waals surface area contributed by atoms with Crippen LogP contribution in [-0.2, 0) is 19.2 Å². The average Bonchev–Trinajstić information content (AvgIpc) is 2.12. The second-order valence-corrected chi connectivity index (χ2v) is 2.53. The van der Waals surface area contributed by atoms with Gasteiger partial charge in [0.25, 0.3) is 5.09 Å². The third kappa shape index (κ3) is 7.23. The molecule has 0 N–H and O–H groups in total. The molecule has 8 nitrogen and oxygen atoms in total. The van der Waals surface area contributed by atoms with Gasteiger partial charge >= 0.3 is 5.97 Å². The smallest absolute Gasteiger partial charge is 0.325 e. The quantitative estimate of drug-likeness (QED) is 0.246. The number of hydrogen-bond acceptors (Lipinski definition) is 6. The van der Waals surface area contributed by atoms with E-state index in [4.69, 9.17) is 0 Å². The van der Waals surface area contributed by atoms with Crippen molar-refractivity contribution in [3.63, 3.8) is 0 Å². The lowest BCUT2D eigenvalue weighted by Gasteiger charge is -2.13. The van der Waals surface area contributed by atoms with Crippen molar-refractivity contribution in [3.05, 3.63) is 17.0 Å². The molecule has 0 saturated carbocycles. The van der Waals surface area contributed by atoms with Crippen LogP contribution in [0.2, 0.25) is 0 Å². The molecule has 0 rings (SSSR count). The molecule has 0 spiro atoms. The maximum absolute atomic E-state index is 10.9. The van der Waals surface area contributed by atoms with Crippen LogP contribution >= 0.6 is 0 Å². The zero-order chi connectivity index (χ0) is 11.8. The van der Waals surface area contributed by atoms with Gasteiger partial charge in [0, 0.05) is 14.0 Å². The Bertz CT molecular complexity index is 254. The van der Waals surface area contributed by atoms with Crippen LogP contribution in [0.25, 0.3) is 0 Å². The van der Waals surface area contributed by atoms with Crippen LogP contribution in [0.5, 0.6) is 0 Å². The number of ether oxygens (including phenoxy) is 1. The molecule has 0 aromatic carbocycles. The largest absolute Gasteiger partial charge is 0.462 e. The van der Waals surface area contributed by atoms with Gasteiger partial charge in [-0.2, -0.15) is 0 Å². The van der Waals surface area contributed by atoms with E-state index in [0.717, 1.165) is 4.90 Å². The number of carbonyl (C=O) groups is 2. The Morgan fingerprint density at radius 3 is 2.53 bits per heavy atom. The number of rotatable bonds is 6.